The first-order chi connectivity index (χ1) is 8.72. The summed E-state index contributed by atoms with van der Waals surface area (Å²) in [6.45, 7) is 2.40. The number of ketones is 1. The van der Waals surface area contributed by atoms with E-state index in [1.807, 2.05) is 12.1 Å². The second kappa shape index (κ2) is 4.53. The minimum Gasteiger partial charge on any atom is -0.294 e. The standard InChI is InChI=1S/C17H22O/c1-17(13-7-3-2-4-8-13)12-11-16(18)14-9-5-6-10-15(14)17/h5-6,9-10,13H,2-4,7-8,11-12H2,1H3/t17-/m0/s1. The third-order valence-electron chi connectivity index (χ3n) is 5.22. The summed E-state index contributed by atoms with van der Waals surface area (Å²) in [5.74, 6) is 1.12. The molecule has 1 fully saturated rings. The molecule has 0 aliphatic heterocycles. The van der Waals surface area contributed by atoms with E-state index in [4.69, 9.17) is 0 Å². The number of carbonyl (C=O) groups excluding carboxylic acids is 1. The number of rotatable bonds is 1. The molecule has 0 radical (unpaired) electrons. The van der Waals surface area contributed by atoms with E-state index in [-0.39, 0.29) is 5.41 Å². The van der Waals surface area contributed by atoms with Gasteiger partial charge in [0.1, 0.15) is 0 Å². The van der Waals surface area contributed by atoms with E-state index in [0.29, 0.717) is 5.78 Å². The fourth-order valence-corrected chi connectivity index (χ4v) is 4.03. The smallest absolute Gasteiger partial charge is 0.163 e. The molecule has 3 rings (SSSR count). The predicted molar refractivity (Wildman–Crippen MR) is 73.9 cm³/mol. The first-order valence-electron chi connectivity index (χ1n) is 7.34. The third kappa shape index (κ3) is 1.81. The van der Waals surface area contributed by atoms with Gasteiger partial charge in [0.05, 0.1) is 0 Å². The van der Waals surface area contributed by atoms with Gasteiger partial charge in [0.25, 0.3) is 0 Å². The van der Waals surface area contributed by atoms with Crippen molar-refractivity contribution in [2.24, 2.45) is 5.92 Å². The van der Waals surface area contributed by atoms with Crippen molar-refractivity contribution in [3.63, 3.8) is 0 Å². The molecule has 1 atom stereocenters. The molecule has 1 saturated carbocycles. The SMILES string of the molecule is C[C@@]1(C2CCCCC2)CCC(=O)c2ccccc21. The van der Waals surface area contributed by atoms with Crippen LogP contribution in [0.3, 0.4) is 0 Å². The molecule has 0 amide bonds. The average molecular weight is 242 g/mol. The van der Waals surface area contributed by atoms with Crippen LogP contribution in [0.5, 0.6) is 0 Å². The number of Topliss-reactive ketones (excluding diaryl/α,β-unsaturated/α-hetero) is 1. The van der Waals surface area contributed by atoms with Crippen LogP contribution in [0.4, 0.5) is 0 Å². The van der Waals surface area contributed by atoms with Crippen LogP contribution < -0.4 is 0 Å². The van der Waals surface area contributed by atoms with Gasteiger partial charge in [-0.05, 0) is 36.2 Å². The molecule has 0 heterocycles. The highest BCUT2D eigenvalue weighted by Crippen LogP contribution is 2.47. The second-order valence-electron chi connectivity index (χ2n) is 6.22. The van der Waals surface area contributed by atoms with Crippen LogP contribution in [0.1, 0.15) is 67.8 Å². The van der Waals surface area contributed by atoms with Crippen molar-refractivity contribution < 1.29 is 4.79 Å². The molecule has 2 aliphatic carbocycles. The minimum atomic E-state index is 0.241. The molecule has 1 aromatic rings. The van der Waals surface area contributed by atoms with Crippen molar-refractivity contribution in [1.29, 1.82) is 0 Å². The summed E-state index contributed by atoms with van der Waals surface area (Å²) in [4.78, 5) is 12.1. The van der Waals surface area contributed by atoms with Crippen LogP contribution in [0.15, 0.2) is 24.3 Å². The maximum Gasteiger partial charge on any atom is 0.163 e. The maximum atomic E-state index is 12.1. The Morgan fingerprint density at radius 1 is 1.11 bits per heavy atom. The summed E-state index contributed by atoms with van der Waals surface area (Å²) >= 11 is 0. The molecule has 2 aliphatic rings. The first kappa shape index (κ1) is 12.0. The minimum absolute atomic E-state index is 0.241. The van der Waals surface area contributed by atoms with Crippen molar-refractivity contribution >= 4 is 5.78 Å². The zero-order valence-electron chi connectivity index (χ0n) is 11.2. The monoisotopic (exact) mass is 242 g/mol. The molecule has 1 aromatic carbocycles. The maximum absolute atomic E-state index is 12.1. The van der Waals surface area contributed by atoms with Gasteiger partial charge in [0.2, 0.25) is 0 Å². The second-order valence-corrected chi connectivity index (χ2v) is 6.22. The molecule has 1 nitrogen and oxygen atoms in total. The zero-order valence-corrected chi connectivity index (χ0v) is 11.2. The van der Waals surface area contributed by atoms with Crippen LogP contribution in [0.2, 0.25) is 0 Å². The molecule has 0 unspecified atom stereocenters. The van der Waals surface area contributed by atoms with Gasteiger partial charge in [-0.2, -0.15) is 0 Å². The molecule has 0 aromatic heterocycles. The molecule has 0 spiro atoms. The fourth-order valence-electron chi connectivity index (χ4n) is 4.03. The Morgan fingerprint density at radius 2 is 1.83 bits per heavy atom. The Bertz CT molecular complexity index is 456. The van der Waals surface area contributed by atoms with Gasteiger partial charge < -0.3 is 0 Å². The Kier molecular flexibility index (Phi) is 3.01. The lowest BCUT2D eigenvalue weighted by atomic mass is 9.60. The Morgan fingerprint density at radius 3 is 2.61 bits per heavy atom. The Labute approximate surface area is 110 Å². The first-order valence-corrected chi connectivity index (χ1v) is 7.34. The van der Waals surface area contributed by atoms with E-state index in [2.05, 4.69) is 19.1 Å². The number of fused-ring (bicyclic) bond motifs is 1. The van der Waals surface area contributed by atoms with Crippen LogP contribution in [0, 0.1) is 5.92 Å². The van der Waals surface area contributed by atoms with E-state index in [1.165, 1.54) is 37.7 Å². The number of hydrogen-bond donors (Lipinski definition) is 0. The van der Waals surface area contributed by atoms with Gasteiger partial charge in [-0.15, -0.1) is 0 Å². The topological polar surface area (TPSA) is 17.1 Å². The lowest BCUT2D eigenvalue weighted by Crippen LogP contribution is -2.38. The molecular formula is C17H22O. The molecular weight excluding hydrogens is 220 g/mol. The van der Waals surface area contributed by atoms with Gasteiger partial charge in [-0.1, -0.05) is 50.5 Å². The van der Waals surface area contributed by atoms with E-state index in [0.717, 1.165) is 24.3 Å². The van der Waals surface area contributed by atoms with Crippen molar-refractivity contribution in [2.45, 2.75) is 57.3 Å². The molecule has 0 bridgehead atoms. The summed E-state index contributed by atoms with van der Waals surface area (Å²) in [7, 11) is 0. The average Bonchev–Trinajstić information content (AvgIpc) is 2.44. The summed E-state index contributed by atoms with van der Waals surface area (Å²) in [5.41, 5.74) is 2.57. The van der Waals surface area contributed by atoms with Crippen molar-refractivity contribution in [3.8, 4) is 0 Å². The van der Waals surface area contributed by atoms with E-state index in [9.17, 15) is 4.79 Å². The van der Waals surface area contributed by atoms with Crippen LogP contribution in [-0.2, 0) is 5.41 Å². The van der Waals surface area contributed by atoms with Crippen molar-refractivity contribution in [3.05, 3.63) is 35.4 Å². The molecule has 1 heteroatoms. The third-order valence-corrected chi connectivity index (χ3v) is 5.22. The van der Waals surface area contributed by atoms with E-state index >= 15 is 0 Å². The van der Waals surface area contributed by atoms with Crippen LogP contribution >= 0.6 is 0 Å². The normalized spacial score (nSPS) is 29.1. The van der Waals surface area contributed by atoms with Gasteiger partial charge in [0, 0.05) is 12.0 Å². The predicted octanol–water partition coefficient (Wildman–Crippen LogP) is 4.50. The van der Waals surface area contributed by atoms with Gasteiger partial charge in [-0.3, -0.25) is 4.79 Å². The number of benzene rings is 1. The number of hydrogen-bond acceptors (Lipinski definition) is 1. The van der Waals surface area contributed by atoms with Crippen molar-refractivity contribution in [2.75, 3.05) is 0 Å². The quantitative estimate of drug-likeness (QED) is 0.708. The molecule has 96 valence electrons. The van der Waals surface area contributed by atoms with E-state index < -0.39 is 0 Å². The lowest BCUT2D eigenvalue weighted by Gasteiger charge is -2.43. The summed E-state index contributed by atoms with van der Waals surface area (Å²) < 4.78 is 0. The zero-order chi connectivity index (χ0) is 12.6. The fraction of sp³-hybridized carbons (Fsp3) is 0.588. The van der Waals surface area contributed by atoms with Crippen molar-refractivity contribution in [1.82, 2.24) is 0 Å². The molecule has 0 saturated heterocycles. The van der Waals surface area contributed by atoms with Gasteiger partial charge >= 0.3 is 0 Å². The van der Waals surface area contributed by atoms with E-state index in [1.54, 1.807) is 0 Å². The summed E-state index contributed by atoms with van der Waals surface area (Å²) in [6, 6.07) is 8.32. The lowest BCUT2D eigenvalue weighted by molar-refractivity contribution is 0.0925. The highest BCUT2D eigenvalue weighted by molar-refractivity contribution is 5.99. The Balaban J connectivity index is 2.02. The van der Waals surface area contributed by atoms with Crippen LogP contribution in [0.25, 0.3) is 0 Å². The summed E-state index contributed by atoms with van der Waals surface area (Å²) in [6.07, 6.45) is 8.62. The number of carbonyl (C=O) groups is 1. The Hall–Kier alpha value is -1.11. The van der Waals surface area contributed by atoms with Gasteiger partial charge in [0.15, 0.2) is 5.78 Å². The summed E-state index contributed by atoms with van der Waals surface area (Å²) in [5, 5.41) is 0. The highest BCUT2D eigenvalue weighted by atomic mass is 16.1. The molecule has 18 heavy (non-hydrogen) atoms. The van der Waals surface area contributed by atoms with Crippen LogP contribution in [-0.4, -0.2) is 5.78 Å². The molecule has 0 N–H and O–H groups in total. The largest absolute Gasteiger partial charge is 0.294 e. The van der Waals surface area contributed by atoms with Gasteiger partial charge in [-0.25, -0.2) is 0 Å². The highest BCUT2D eigenvalue weighted by Gasteiger charge is 2.41.